The second-order valence-corrected chi connectivity index (χ2v) is 11.4. The molecule has 0 saturated carbocycles. The fourth-order valence-corrected chi connectivity index (χ4v) is 6.27. The largest absolute Gasteiger partial charge is 0.367 e. The Hall–Kier alpha value is -3.74. The fourth-order valence-electron chi connectivity index (χ4n) is 4.80. The third-order valence-corrected chi connectivity index (χ3v) is 8.75. The van der Waals surface area contributed by atoms with Crippen molar-refractivity contribution >= 4 is 26.9 Å². The second kappa shape index (κ2) is 10.3. The number of nitrogens with zero attached hydrogens (tertiary/aromatic N) is 5. The Balaban J connectivity index is 1.29. The molecule has 3 aromatic heterocycles. The highest BCUT2D eigenvalue weighted by Gasteiger charge is 2.29. The zero-order chi connectivity index (χ0) is 26.0. The van der Waals surface area contributed by atoms with Crippen molar-refractivity contribution in [3.05, 3.63) is 72.2 Å². The number of benzene rings is 1. The number of fused-ring (bicyclic) bond motifs is 1. The highest BCUT2D eigenvalue weighted by atomic mass is 32.2. The number of pyridine rings is 2. The van der Waals surface area contributed by atoms with E-state index in [0.29, 0.717) is 18.7 Å². The van der Waals surface area contributed by atoms with E-state index in [4.69, 9.17) is 0 Å². The summed E-state index contributed by atoms with van der Waals surface area (Å²) < 4.78 is 30.2. The summed E-state index contributed by atoms with van der Waals surface area (Å²) in [6.45, 7) is 5.80. The van der Waals surface area contributed by atoms with Gasteiger partial charge in [-0.1, -0.05) is 25.1 Å². The molecule has 8 nitrogen and oxygen atoms in total. The van der Waals surface area contributed by atoms with Crippen LogP contribution < -0.4 is 5.32 Å². The minimum atomic E-state index is -3.58. The van der Waals surface area contributed by atoms with Crippen LogP contribution in [0.5, 0.6) is 0 Å². The normalized spacial score (nSPS) is 15.1. The summed E-state index contributed by atoms with van der Waals surface area (Å²) in [5, 5.41) is 13.8. The molecular formula is C28H30N6O2S. The van der Waals surface area contributed by atoms with Gasteiger partial charge >= 0.3 is 0 Å². The van der Waals surface area contributed by atoms with Crippen molar-refractivity contribution in [1.82, 2.24) is 18.8 Å². The monoisotopic (exact) mass is 514 g/mol. The molecule has 5 rings (SSSR count). The van der Waals surface area contributed by atoms with Crippen molar-refractivity contribution in [3.8, 4) is 17.2 Å². The Labute approximate surface area is 217 Å². The van der Waals surface area contributed by atoms with E-state index >= 15 is 0 Å². The lowest BCUT2D eigenvalue weighted by molar-refractivity contribution is 0.329. The quantitative estimate of drug-likeness (QED) is 0.374. The van der Waals surface area contributed by atoms with Crippen LogP contribution in [0.3, 0.4) is 0 Å². The lowest BCUT2D eigenvalue weighted by atomic mass is 10.1. The standard InChI is InChI=1S/C28H30N6O2S/c1-3-12-33-19-23(16-29)26-15-22(18-31-28(26)33)21-5-7-25(8-6-21)37(35,36)34-13-10-24(11-14-34)32-27-9-4-20(2)17-30-27/h4-9,15,17-19,24H,3,10-14H2,1-2H3,(H,30,32). The number of aryl methyl sites for hydroxylation is 2. The average molecular weight is 515 g/mol. The van der Waals surface area contributed by atoms with E-state index in [2.05, 4.69) is 28.3 Å². The number of aromatic nitrogens is 3. The molecule has 1 aromatic carbocycles. The molecule has 1 fully saturated rings. The van der Waals surface area contributed by atoms with E-state index in [9.17, 15) is 13.7 Å². The number of sulfonamides is 1. The zero-order valence-electron chi connectivity index (χ0n) is 21.1. The summed E-state index contributed by atoms with van der Waals surface area (Å²) in [7, 11) is -3.58. The van der Waals surface area contributed by atoms with Crippen LogP contribution in [-0.4, -0.2) is 46.4 Å². The Morgan fingerprint density at radius 2 is 1.81 bits per heavy atom. The number of nitriles is 1. The van der Waals surface area contributed by atoms with Crippen molar-refractivity contribution < 1.29 is 8.42 Å². The van der Waals surface area contributed by atoms with Gasteiger partial charge in [-0.25, -0.2) is 18.4 Å². The van der Waals surface area contributed by atoms with E-state index in [1.807, 2.05) is 54.2 Å². The lowest BCUT2D eigenvalue weighted by Crippen LogP contribution is -2.42. The van der Waals surface area contributed by atoms with Crippen molar-refractivity contribution in [1.29, 1.82) is 5.26 Å². The minimum absolute atomic E-state index is 0.192. The van der Waals surface area contributed by atoms with Crippen LogP contribution in [0.15, 0.2) is 66.0 Å². The fraction of sp³-hybridized carbons (Fsp3) is 0.321. The van der Waals surface area contributed by atoms with Crippen LogP contribution >= 0.6 is 0 Å². The van der Waals surface area contributed by atoms with Crippen LogP contribution in [-0.2, 0) is 16.6 Å². The highest BCUT2D eigenvalue weighted by Crippen LogP contribution is 2.28. The molecule has 0 unspecified atom stereocenters. The van der Waals surface area contributed by atoms with Crippen LogP contribution in [0.4, 0.5) is 5.82 Å². The Morgan fingerprint density at radius 1 is 1.05 bits per heavy atom. The maximum Gasteiger partial charge on any atom is 0.243 e. The summed E-state index contributed by atoms with van der Waals surface area (Å²) in [6.07, 6.45) is 7.84. The Bertz CT molecular complexity index is 1550. The molecule has 4 heterocycles. The summed E-state index contributed by atoms with van der Waals surface area (Å²) in [4.78, 5) is 9.28. The van der Waals surface area contributed by atoms with E-state index in [0.717, 1.165) is 59.3 Å². The molecule has 0 amide bonds. The summed E-state index contributed by atoms with van der Waals surface area (Å²) in [5.74, 6) is 0.819. The third-order valence-electron chi connectivity index (χ3n) is 6.84. The molecule has 0 atom stereocenters. The number of piperidine rings is 1. The van der Waals surface area contributed by atoms with Gasteiger partial charge in [-0.2, -0.15) is 9.57 Å². The van der Waals surface area contributed by atoms with E-state index in [1.165, 1.54) is 0 Å². The van der Waals surface area contributed by atoms with Gasteiger partial charge in [0.15, 0.2) is 0 Å². The SMILES string of the molecule is CCCn1cc(C#N)c2cc(-c3ccc(S(=O)(=O)N4CCC(Nc5ccc(C)cn5)CC4)cc3)cnc21. The predicted octanol–water partition coefficient (Wildman–Crippen LogP) is 4.95. The molecule has 1 aliphatic rings. The zero-order valence-corrected chi connectivity index (χ0v) is 21.9. The number of hydrogen-bond donors (Lipinski definition) is 1. The lowest BCUT2D eigenvalue weighted by Gasteiger charge is -2.32. The molecule has 190 valence electrons. The summed E-state index contributed by atoms with van der Waals surface area (Å²) >= 11 is 0. The summed E-state index contributed by atoms with van der Waals surface area (Å²) in [5.41, 5.74) is 4.19. The average Bonchev–Trinajstić information content (AvgIpc) is 3.27. The first kappa shape index (κ1) is 24.9. The molecule has 37 heavy (non-hydrogen) atoms. The molecule has 9 heteroatoms. The van der Waals surface area contributed by atoms with Crippen molar-refractivity contribution in [2.75, 3.05) is 18.4 Å². The first-order chi connectivity index (χ1) is 17.9. The minimum Gasteiger partial charge on any atom is -0.367 e. The van der Waals surface area contributed by atoms with Gasteiger partial charge in [0.05, 0.1) is 10.5 Å². The van der Waals surface area contributed by atoms with Gasteiger partial charge in [0.25, 0.3) is 0 Å². The van der Waals surface area contributed by atoms with Crippen molar-refractivity contribution in [2.24, 2.45) is 0 Å². The first-order valence-electron chi connectivity index (χ1n) is 12.6. The maximum absolute atomic E-state index is 13.3. The summed E-state index contributed by atoms with van der Waals surface area (Å²) in [6, 6.07) is 15.3. The predicted molar refractivity (Wildman–Crippen MR) is 145 cm³/mol. The third kappa shape index (κ3) is 5.08. The number of rotatable bonds is 7. The second-order valence-electron chi connectivity index (χ2n) is 9.51. The van der Waals surface area contributed by atoms with Crippen LogP contribution in [0.1, 0.15) is 37.3 Å². The van der Waals surface area contributed by atoms with E-state index in [1.54, 1.807) is 22.6 Å². The Morgan fingerprint density at radius 3 is 2.46 bits per heavy atom. The van der Waals surface area contributed by atoms with Gasteiger partial charge in [-0.15, -0.1) is 0 Å². The molecule has 1 N–H and O–H groups in total. The van der Waals surface area contributed by atoms with Gasteiger partial charge in [0.2, 0.25) is 10.0 Å². The number of hydrogen-bond acceptors (Lipinski definition) is 6. The molecule has 0 aliphatic carbocycles. The van der Waals surface area contributed by atoms with Gasteiger partial charge < -0.3 is 9.88 Å². The first-order valence-corrected chi connectivity index (χ1v) is 14.0. The number of nitrogens with one attached hydrogen (secondary N) is 1. The van der Waals surface area contributed by atoms with Crippen molar-refractivity contribution in [3.63, 3.8) is 0 Å². The maximum atomic E-state index is 13.3. The van der Waals surface area contributed by atoms with Crippen molar-refractivity contribution in [2.45, 2.75) is 50.6 Å². The van der Waals surface area contributed by atoms with Gasteiger partial charge in [0, 0.05) is 55.2 Å². The van der Waals surface area contributed by atoms with E-state index < -0.39 is 10.0 Å². The van der Waals surface area contributed by atoms with Gasteiger partial charge in [-0.3, -0.25) is 0 Å². The van der Waals surface area contributed by atoms with Gasteiger partial charge in [-0.05, 0) is 61.6 Å². The van der Waals surface area contributed by atoms with E-state index in [-0.39, 0.29) is 10.9 Å². The topological polar surface area (TPSA) is 104 Å². The smallest absolute Gasteiger partial charge is 0.243 e. The molecule has 0 spiro atoms. The Kier molecular flexibility index (Phi) is 6.96. The van der Waals surface area contributed by atoms with Crippen LogP contribution in [0.25, 0.3) is 22.2 Å². The molecule has 0 bridgehead atoms. The molecule has 0 radical (unpaired) electrons. The van der Waals surface area contributed by atoms with Crippen LogP contribution in [0.2, 0.25) is 0 Å². The molecular weight excluding hydrogens is 484 g/mol. The molecule has 1 aliphatic heterocycles. The highest BCUT2D eigenvalue weighted by molar-refractivity contribution is 7.89. The molecule has 1 saturated heterocycles. The van der Waals surface area contributed by atoms with Gasteiger partial charge in [0.1, 0.15) is 17.5 Å². The molecule has 4 aromatic rings. The number of anilines is 1. The van der Waals surface area contributed by atoms with Crippen LogP contribution in [0, 0.1) is 18.3 Å².